The van der Waals surface area contributed by atoms with Crippen LogP contribution in [0.15, 0.2) is 24.0 Å². The van der Waals surface area contributed by atoms with Gasteiger partial charge in [-0.15, -0.1) is 0 Å². The number of hydrogen-bond acceptors (Lipinski definition) is 3. The number of carboxylic acid groups (broad SMARTS) is 1. The molecule has 0 bridgehead atoms. The summed E-state index contributed by atoms with van der Waals surface area (Å²) >= 11 is 0. The van der Waals surface area contributed by atoms with Crippen LogP contribution in [-0.4, -0.2) is 23.3 Å². The number of hydrogen-bond donors (Lipinski definition) is 2. The number of carbonyl (C=O) groups is 1. The first-order valence-corrected chi connectivity index (χ1v) is 4.02. The molecule has 0 heterocycles. The second-order valence-electron chi connectivity index (χ2n) is 2.73. The highest BCUT2D eigenvalue weighted by atomic mass is 19.1. The van der Waals surface area contributed by atoms with Crippen LogP contribution in [0.4, 0.5) is 4.39 Å². The Bertz CT molecular complexity index is 412. The summed E-state index contributed by atoms with van der Waals surface area (Å²) in [7, 11) is 1.32. The summed E-state index contributed by atoms with van der Waals surface area (Å²) in [5.41, 5.74) is 0.244. The van der Waals surface area contributed by atoms with Crippen LogP contribution in [-0.2, 0) is 4.79 Å². The molecule has 0 fully saturated rings. The molecule has 1 rings (SSSR count). The van der Waals surface area contributed by atoms with Gasteiger partial charge < -0.3 is 14.9 Å². The summed E-state index contributed by atoms with van der Waals surface area (Å²) in [6.07, 6.45) is 0.949. The molecule has 4 nitrogen and oxygen atoms in total. The third kappa shape index (κ3) is 2.70. The number of rotatable bonds is 3. The van der Waals surface area contributed by atoms with Crippen molar-refractivity contribution in [2.24, 2.45) is 0 Å². The van der Waals surface area contributed by atoms with E-state index in [1.165, 1.54) is 19.2 Å². The van der Waals surface area contributed by atoms with Crippen LogP contribution in [0.3, 0.4) is 0 Å². The Balaban J connectivity index is 3.03. The van der Waals surface area contributed by atoms with Crippen LogP contribution in [0.2, 0.25) is 0 Å². The highest BCUT2D eigenvalue weighted by Gasteiger charge is 2.06. The molecule has 2 N–H and O–H groups in total. The quantitative estimate of drug-likeness (QED) is 0.592. The van der Waals surface area contributed by atoms with E-state index in [0.29, 0.717) is 0 Å². The van der Waals surface area contributed by atoms with Crippen molar-refractivity contribution in [3.63, 3.8) is 0 Å². The van der Waals surface area contributed by atoms with Crippen LogP contribution in [0, 0.1) is 5.82 Å². The first-order chi connectivity index (χ1) is 7.04. The number of benzene rings is 1. The zero-order chi connectivity index (χ0) is 11.4. The Morgan fingerprint density at radius 1 is 1.47 bits per heavy atom. The number of aliphatic hydroxyl groups is 1. The van der Waals surface area contributed by atoms with E-state index in [1.807, 2.05) is 0 Å². The van der Waals surface area contributed by atoms with Crippen molar-refractivity contribution >= 4 is 12.0 Å². The fourth-order valence-electron chi connectivity index (χ4n) is 0.992. The SMILES string of the molecule is COc1ccc(C=C(O)C(=O)O)cc1F. The molecular formula is C10H9FO4. The van der Waals surface area contributed by atoms with Gasteiger partial charge in [-0.2, -0.15) is 0 Å². The molecule has 0 spiro atoms. The van der Waals surface area contributed by atoms with E-state index in [-0.39, 0.29) is 11.3 Å². The van der Waals surface area contributed by atoms with Crippen molar-refractivity contribution in [1.82, 2.24) is 0 Å². The molecule has 1 aromatic carbocycles. The molecule has 1 aromatic rings. The molecule has 0 unspecified atom stereocenters. The highest BCUT2D eigenvalue weighted by molar-refractivity contribution is 5.89. The third-order valence-electron chi connectivity index (χ3n) is 1.70. The summed E-state index contributed by atoms with van der Waals surface area (Å²) in [5.74, 6) is -2.88. The lowest BCUT2D eigenvalue weighted by atomic mass is 10.2. The van der Waals surface area contributed by atoms with E-state index in [1.54, 1.807) is 0 Å². The Morgan fingerprint density at radius 3 is 2.60 bits per heavy atom. The van der Waals surface area contributed by atoms with E-state index in [9.17, 15) is 9.18 Å². The van der Waals surface area contributed by atoms with Crippen molar-refractivity contribution in [1.29, 1.82) is 0 Å². The van der Waals surface area contributed by atoms with Crippen molar-refractivity contribution in [3.05, 3.63) is 35.3 Å². The van der Waals surface area contributed by atoms with Gasteiger partial charge in [0.05, 0.1) is 7.11 Å². The monoisotopic (exact) mass is 212 g/mol. The van der Waals surface area contributed by atoms with Gasteiger partial charge in [-0.1, -0.05) is 6.07 Å². The van der Waals surface area contributed by atoms with Crippen LogP contribution in [0.1, 0.15) is 5.56 Å². The zero-order valence-electron chi connectivity index (χ0n) is 7.90. The molecule has 0 radical (unpaired) electrons. The molecule has 0 aromatic heterocycles. The smallest absolute Gasteiger partial charge is 0.370 e. The molecule has 5 heteroatoms. The lowest BCUT2D eigenvalue weighted by Crippen LogP contribution is -1.98. The predicted molar refractivity (Wildman–Crippen MR) is 51.2 cm³/mol. The van der Waals surface area contributed by atoms with Crippen LogP contribution >= 0.6 is 0 Å². The number of methoxy groups -OCH3 is 1. The van der Waals surface area contributed by atoms with Gasteiger partial charge in [0.25, 0.3) is 0 Å². The first-order valence-electron chi connectivity index (χ1n) is 4.02. The van der Waals surface area contributed by atoms with E-state index in [4.69, 9.17) is 10.2 Å². The standard InChI is InChI=1S/C10H9FO4/c1-15-9-3-2-6(4-7(9)11)5-8(12)10(13)14/h2-5,12H,1H3,(H,13,14). The second kappa shape index (κ2) is 4.45. The Hall–Kier alpha value is -2.04. The second-order valence-corrected chi connectivity index (χ2v) is 2.73. The number of aliphatic hydroxyl groups excluding tert-OH is 1. The molecule has 15 heavy (non-hydrogen) atoms. The summed E-state index contributed by atoms with van der Waals surface area (Å²) in [5, 5.41) is 17.3. The van der Waals surface area contributed by atoms with Gasteiger partial charge in [-0.05, 0) is 23.8 Å². The van der Waals surface area contributed by atoms with Crippen LogP contribution in [0.25, 0.3) is 6.08 Å². The normalized spacial score (nSPS) is 11.2. The van der Waals surface area contributed by atoms with Crippen molar-refractivity contribution in [2.45, 2.75) is 0 Å². The minimum Gasteiger partial charge on any atom is -0.502 e. The van der Waals surface area contributed by atoms with Crippen molar-refractivity contribution in [3.8, 4) is 5.75 Å². The minimum absolute atomic E-state index is 0.0574. The van der Waals surface area contributed by atoms with Crippen LogP contribution < -0.4 is 4.74 Å². The average Bonchev–Trinajstić information content (AvgIpc) is 2.18. The Labute approximate surface area is 85.2 Å². The molecule has 0 amide bonds. The summed E-state index contributed by atoms with van der Waals surface area (Å²) in [6.45, 7) is 0. The van der Waals surface area contributed by atoms with Crippen molar-refractivity contribution < 1.29 is 24.1 Å². The predicted octanol–water partition coefficient (Wildman–Crippen LogP) is 1.82. The Morgan fingerprint density at radius 2 is 2.13 bits per heavy atom. The first kappa shape index (κ1) is 11.0. The van der Waals surface area contributed by atoms with E-state index < -0.39 is 17.5 Å². The average molecular weight is 212 g/mol. The third-order valence-corrected chi connectivity index (χ3v) is 1.70. The van der Waals surface area contributed by atoms with Crippen LogP contribution in [0.5, 0.6) is 5.75 Å². The number of aliphatic carboxylic acids is 1. The van der Waals surface area contributed by atoms with Gasteiger partial charge in [0, 0.05) is 0 Å². The Kier molecular flexibility index (Phi) is 3.28. The maximum absolute atomic E-state index is 13.1. The summed E-state index contributed by atoms with van der Waals surface area (Å²) < 4.78 is 17.8. The van der Waals surface area contributed by atoms with E-state index >= 15 is 0 Å². The molecule has 0 aliphatic heterocycles. The fourth-order valence-corrected chi connectivity index (χ4v) is 0.992. The van der Waals surface area contributed by atoms with Gasteiger partial charge in [-0.3, -0.25) is 0 Å². The lowest BCUT2D eigenvalue weighted by molar-refractivity contribution is -0.135. The maximum Gasteiger partial charge on any atom is 0.370 e. The molecule has 80 valence electrons. The largest absolute Gasteiger partial charge is 0.502 e. The minimum atomic E-state index is -1.47. The highest BCUT2D eigenvalue weighted by Crippen LogP contribution is 2.18. The van der Waals surface area contributed by atoms with E-state index in [2.05, 4.69) is 4.74 Å². The maximum atomic E-state index is 13.1. The lowest BCUT2D eigenvalue weighted by Gasteiger charge is -2.02. The molecule has 0 saturated carbocycles. The molecule has 0 atom stereocenters. The van der Waals surface area contributed by atoms with E-state index in [0.717, 1.165) is 12.1 Å². The fraction of sp³-hybridized carbons (Fsp3) is 0.100. The molecule has 0 saturated heterocycles. The van der Waals surface area contributed by atoms with Gasteiger partial charge in [0.1, 0.15) is 0 Å². The number of halogens is 1. The number of ether oxygens (including phenoxy) is 1. The summed E-state index contributed by atoms with van der Waals surface area (Å²) in [4.78, 5) is 10.3. The van der Waals surface area contributed by atoms with Gasteiger partial charge >= 0.3 is 5.97 Å². The summed E-state index contributed by atoms with van der Waals surface area (Å²) in [6, 6.07) is 3.84. The molecule has 0 aliphatic rings. The van der Waals surface area contributed by atoms with Gasteiger partial charge in [0.15, 0.2) is 11.6 Å². The molecular weight excluding hydrogens is 203 g/mol. The van der Waals surface area contributed by atoms with Gasteiger partial charge in [-0.25, -0.2) is 9.18 Å². The van der Waals surface area contributed by atoms with Gasteiger partial charge in [0.2, 0.25) is 5.76 Å². The zero-order valence-corrected chi connectivity index (χ0v) is 7.90. The number of carboxylic acids is 1. The topological polar surface area (TPSA) is 66.8 Å². The van der Waals surface area contributed by atoms with Crippen molar-refractivity contribution in [2.75, 3.05) is 7.11 Å². The molecule has 0 aliphatic carbocycles.